The molecule has 1 saturated heterocycles. The summed E-state index contributed by atoms with van der Waals surface area (Å²) in [6, 6.07) is 9.82. The molecule has 1 aromatic heterocycles. The van der Waals surface area contributed by atoms with E-state index in [-0.39, 0.29) is 12.6 Å². The minimum atomic E-state index is -0.411. The average molecular weight is 328 g/mol. The van der Waals surface area contributed by atoms with Gasteiger partial charge in [-0.05, 0) is 12.5 Å². The second-order valence-corrected chi connectivity index (χ2v) is 5.64. The predicted molar refractivity (Wildman–Crippen MR) is 87.8 cm³/mol. The van der Waals surface area contributed by atoms with Crippen molar-refractivity contribution in [3.8, 4) is 0 Å². The van der Waals surface area contributed by atoms with Crippen molar-refractivity contribution < 1.29 is 14.3 Å². The van der Waals surface area contributed by atoms with Gasteiger partial charge in [0, 0.05) is 13.1 Å². The number of nitrogens with zero attached hydrogens (tertiary/aromatic N) is 3. The van der Waals surface area contributed by atoms with Crippen LogP contribution >= 0.6 is 0 Å². The fourth-order valence-electron chi connectivity index (χ4n) is 2.61. The molecule has 0 saturated carbocycles. The van der Waals surface area contributed by atoms with Crippen LogP contribution in [0.25, 0.3) is 0 Å². The Kier molecular flexibility index (Phi) is 4.79. The lowest BCUT2D eigenvalue weighted by Crippen LogP contribution is -2.31. The minimum absolute atomic E-state index is 0.113. The van der Waals surface area contributed by atoms with Crippen molar-refractivity contribution in [2.24, 2.45) is 0 Å². The Morgan fingerprint density at radius 2 is 2.12 bits per heavy atom. The summed E-state index contributed by atoms with van der Waals surface area (Å²) in [6.07, 6.45) is 1.53. The molecule has 2 amide bonds. The van der Waals surface area contributed by atoms with Gasteiger partial charge in [-0.15, -0.1) is 0 Å². The average Bonchev–Trinajstić information content (AvgIpc) is 3.15. The highest BCUT2D eigenvalue weighted by molar-refractivity contribution is 5.90. The van der Waals surface area contributed by atoms with Crippen molar-refractivity contribution in [1.29, 1.82) is 0 Å². The Bertz CT molecular complexity index is 727. The molecule has 1 fully saturated rings. The number of rotatable bonds is 6. The molecule has 126 valence electrons. The number of amides is 2. The number of urea groups is 1. The summed E-state index contributed by atoms with van der Waals surface area (Å²) in [7, 11) is 0. The quantitative estimate of drug-likeness (QED) is 0.814. The van der Waals surface area contributed by atoms with Crippen LogP contribution in [-0.4, -0.2) is 52.9 Å². The third-order valence-corrected chi connectivity index (χ3v) is 4.04. The molecule has 3 rings (SSSR count). The number of benzene rings is 1. The summed E-state index contributed by atoms with van der Waals surface area (Å²) in [6.45, 7) is 4.31. The molecule has 7 heteroatoms. The summed E-state index contributed by atoms with van der Waals surface area (Å²) in [5.74, 6) is -0.411. The van der Waals surface area contributed by atoms with E-state index in [1.807, 2.05) is 37.3 Å². The van der Waals surface area contributed by atoms with Crippen LogP contribution in [0.4, 0.5) is 4.79 Å². The van der Waals surface area contributed by atoms with Gasteiger partial charge in [-0.1, -0.05) is 30.3 Å². The number of aromatic nitrogens is 2. The van der Waals surface area contributed by atoms with Gasteiger partial charge >= 0.3 is 12.0 Å². The van der Waals surface area contributed by atoms with Crippen molar-refractivity contribution in [3.05, 3.63) is 53.3 Å². The minimum Gasteiger partial charge on any atom is -0.460 e. The Morgan fingerprint density at radius 3 is 2.83 bits per heavy atom. The third-order valence-electron chi connectivity index (χ3n) is 4.04. The normalized spacial score (nSPS) is 13.9. The van der Waals surface area contributed by atoms with Gasteiger partial charge in [0.05, 0.1) is 25.0 Å². The first kappa shape index (κ1) is 16.0. The molecule has 1 aromatic carbocycles. The largest absolute Gasteiger partial charge is 0.460 e. The monoisotopic (exact) mass is 328 g/mol. The first-order valence-electron chi connectivity index (χ1n) is 7.91. The second kappa shape index (κ2) is 7.16. The molecule has 0 bridgehead atoms. The van der Waals surface area contributed by atoms with E-state index < -0.39 is 5.97 Å². The van der Waals surface area contributed by atoms with Gasteiger partial charge in [0.15, 0.2) is 0 Å². The van der Waals surface area contributed by atoms with Crippen LogP contribution in [0.5, 0.6) is 0 Å². The van der Waals surface area contributed by atoms with Crippen LogP contribution in [0.2, 0.25) is 0 Å². The molecule has 2 heterocycles. The van der Waals surface area contributed by atoms with E-state index in [4.69, 9.17) is 4.74 Å². The summed E-state index contributed by atoms with van der Waals surface area (Å²) >= 11 is 0. The lowest BCUT2D eigenvalue weighted by molar-refractivity contribution is 0.0480. The number of esters is 1. The molecule has 0 unspecified atom stereocenters. The second-order valence-electron chi connectivity index (χ2n) is 5.64. The van der Waals surface area contributed by atoms with Crippen molar-refractivity contribution in [1.82, 2.24) is 20.0 Å². The summed E-state index contributed by atoms with van der Waals surface area (Å²) in [5, 5.41) is 6.98. The van der Waals surface area contributed by atoms with Crippen molar-refractivity contribution in [2.75, 3.05) is 26.2 Å². The van der Waals surface area contributed by atoms with Gasteiger partial charge in [-0.25, -0.2) is 9.59 Å². The van der Waals surface area contributed by atoms with Gasteiger partial charge in [0.25, 0.3) is 0 Å². The van der Waals surface area contributed by atoms with E-state index in [1.165, 1.54) is 6.20 Å². The van der Waals surface area contributed by atoms with Crippen molar-refractivity contribution >= 4 is 12.0 Å². The zero-order valence-electron chi connectivity index (χ0n) is 13.6. The first-order chi connectivity index (χ1) is 11.6. The van der Waals surface area contributed by atoms with Gasteiger partial charge in [-0.3, -0.25) is 4.68 Å². The lowest BCUT2D eigenvalue weighted by atomic mass is 10.2. The maximum atomic E-state index is 12.2. The smallest absolute Gasteiger partial charge is 0.341 e. The molecule has 0 atom stereocenters. The maximum Gasteiger partial charge on any atom is 0.341 e. The van der Waals surface area contributed by atoms with E-state index in [0.717, 1.165) is 11.3 Å². The maximum absolute atomic E-state index is 12.2. The Morgan fingerprint density at radius 1 is 1.33 bits per heavy atom. The molecule has 1 N–H and O–H groups in total. The molecule has 0 spiro atoms. The van der Waals surface area contributed by atoms with E-state index in [9.17, 15) is 9.59 Å². The SMILES string of the molecule is Cc1c(C(=O)OCCN2CCNC2=O)cnn1Cc1ccccc1. The van der Waals surface area contributed by atoms with Crippen LogP contribution in [0.3, 0.4) is 0 Å². The molecule has 0 aliphatic carbocycles. The van der Waals surface area contributed by atoms with Crippen LogP contribution in [0.15, 0.2) is 36.5 Å². The number of nitrogens with one attached hydrogen (secondary N) is 1. The fraction of sp³-hybridized carbons (Fsp3) is 0.353. The lowest BCUT2D eigenvalue weighted by Gasteiger charge is -2.13. The van der Waals surface area contributed by atoms with Crippen molar-refractivity contribution in [2.45, 2.75) is 13.5 Å². The Balaban J connectivity index is 1.56. The van der Waals surface area contributed by atoms with Crippen LogP contribution in [0, 0.1) is 6.92 Å². The number of carbonyl (C=O) groups excluding carboxylic acids is 2. The topological polar surface area (TPSA) is 76.5 Å². The van der Waals surface area contributed by atoms with Gasteiger partial charge in [0.1, 0.15) is 12.2 Å². The number of hydrogen-bond donors (Lipinski definition) is 1. The summed E-state index contributed by atoms with van der Waals surface area (Å²) < 4.78 is 7.05. The molecule has 7 nitrogen and oxygen atoms in total. The van der Waals surface area contributed by atoms with E-state index in [0.29, 0.717) is 31.7 Å². The number of hydrogen-bond acceptors (Lipinski definition) is 4. The number of ether oxygens (including phenoxy) is 1. The van der Waals surface area contributed by atoms with Crippen LogP contribution < -0.4 is 5.32 Å². The standard InChI is InChI=1S/C17H20N4O3/c1-13-15(11-19-21(13)12-14-5-3-2-4-6-14)16(22)24-10-9-20-8-7-18-17(20)23/h2-6,11H,7-10,12H2,1H3,(H,18,23). The fourth-order valence-corrected chi connectivity index (χ4v) is 2.61. The Hall–Kier alpha value is -2.83. The molecule has 1 aliphatic rings. The third kappa shape index (κ3) is 3.56. The highest BCUT2D eigenvalue weighted by Gasteiger charge is 2.20. The van der Waals surface area contributed by atoms with E-state index >= 15 is 0 Å². The zero-order valence-corrected chi connectivity index (χ0v) is 13.6. The van der Waals surface area contributed by atoms with Gasteiger partial charge < -0.3 is 15.0 Å². The predicted octanol–water partition coefficient (Wildman–Crippen LogP) is 1.42. The van der Waals surface area contributed by atoms with Gasteiger partial charge in [0.2, 0.25) is 0 Å². The zero-order chi connectivity index (χ0) is 16.9. The Labute approximate surface area is 140 Å². The molecule has 1 aliphatic heterocycles. The number of carbonyl (C=O) groups is 2. The molecular formula is C17H20N4O3. The molecule has 24 heavy (non-hydrogen) atoms. The highest BCUT2D eigenvalue weighted by atomic mass is 16.5. The molecular weight excluding hydrogens is 308 g/mol. The van der Waals surface area contributed by atoms with Crippen LogP contribution in [-0.2, 0) is 11.3 Å². The van der Waals surface area contributed by atoms with E-state index in [1.54, 1.807) is 9.58 Å². The van der Waals surface area contributed by atoms with Gasteiger partial charge in [-0.2, -0.15) is 5.10 Å². The van der Waals surface area contributed by atoms with Crippen molar-refractivity contribution in [3.63, 3.8) is 0 Å². The summed E-state index contributed by atoms with van der Waals surface area (Å²) in [4.78, 5) is 25.2. The first-order valence-corrected chi connectivity index (χ1v) is 7.91. The molecule has 2 aromatic rings. The highest BCUT2D eigenvalue weighted by Crippen LogP contribution is 2.11. The van der Waals surface area contributed by atoms with E-state index in [2.05, 4.69) is 10.4 Å². The summed E-state index contributed by atoms with van der Waals surface area (Å²) in [5.41, 5.74) is 2.34. The molecule has 0 radical (unpaired) electrons. The van der Waals surface area contributed by atoms with Crippen LogP contribution in [0.1, 0.15) is 21.6 Å².